The molecule has 0 saturated carbocycles. The van der Waals surface area contributed by atoms with Crippen LogP contribution in [0.2, 0.25) is 5.02 Å². The molecule has 0 aliphatic carbocycles. The van der Waals surface area contributed by atoms with Crippen LogP contribution in [0.25, 0.3) is 0 Å². The number of hydrazone groups is 1. The molecule has 2 rings (SSSR count). The zero-order chi connectivity index (χ0) is 16.8. The number of phenols is 1. The van der Waals surface area contributed by atoms with Crippen molar-refractivity contribution in [2.24, 2.45) is 5.10 Å². The van der Waals surface area contributed by atoms with Gasteiger partial charge in [-0.15, -0.1) is 0 Å². The first-order chi connectivity index (χ1) is 11.0. The Balaban J connectivity index is 1.95. The summed E-state index contributed by atoms with van der Waals surface area (Å²) in [5.74, 6) is -0.246. The van der Waals surface area contributed by atoms with Gasteiger partial charge in [-0.2, -0.15) is 5.10 Å². The lowest BCUT2D eigenvalue weighted by atomic mass is 10.2. The average molecular weight is 332 g/mol. The van der Waals surface area contributed by atoms with E-state index in [1.807, 2.05) is 31.2 Å². The van der Waals surface area contributed by atoms with Crippen LogP contribution >= 0.6 is 11.6 Å². The van der Waals surface area contributed by atoms with Crippen molar-refractivity contribution in [3.8, 4) is 5.75 Å². The third-order valence-electron chi connectivity index (χ3n) is 3.28. The summed E-state index contributed by atoms with van der Waals surface area (Å²) in [7, 11) is 0. The number of nitrogens with one attached hydrogen (secondary N) is 2. The molecule has 2 aromatic carbocycles. The number of amides is 1. The molecule has 2 aromatic rings. The van der Waals surface area contributed by atoms with E-state index in [9.17, 15) is 9.90 Å². The van der Waals surface area contributed by atoms with E-state index in [1.165, 1.54) is 12.3 Å². The second-order valence-corrected chi connectivity index (χ2v) is 5.55. The van der Waals surface area contributed by atoms with Crippen LogP contribution in [0.15, 0.2) is 47.6 Å². The Bertz CT molecular complexity index is 732. The van der Waals surface area contributed by atoms with Crippen molar-refractivity contribution in [2.75, 3.05) is 5.32 Å². The van der Waals surface area contributed by atoms with E-state index < -0.39 is 6.04 Å². The van der Waals surface area contributed by atoms with Gasteiger partial charge in [0.1, 0.15) is 11.8 Å². The lowest BCUT2D eigenvalue weighted by Crippen LogP contribution is -2.35. The molecule has 5 nitrogen and oxygen atoms in total. The molecule has 0 saturated heterocycles. The fourth-order valence-electron chi connectivity index (χ4n) is 1.92. The van der Waals surface area contributed by atoms with Crippen molar-refractivity contribution in [1.29, 1.82) is 0 Å². The van der Waals surface area contributed by atoms with E-state index in [4.69, 9.17) is 11.6 Å². The lowest BCUT2D eigenvalue weighted by molar-refractivity contribution is -0.121. The molecular formula is C17H18ClN3O2. The van der Waals surface area contributed by atoms with Crippen LogP contribution in [0.1, 0.15) is 18.1 Å². The zero-order valence-electron chi connectivity index (χ0n) is 12.9. The van der Waals surface area contributed by atoms with E-state index >= 15 is 0 Å². The number of hydrogen-bond donors (Lipinski definition) is 3. The SMILES string of the molecule is Cc1ccccc1NC(C)C(=O)N/N=C/c1cc(Cl)ccc1O. The summed E-state index contributed by atoms with van der Waals surface area (Å²) >= 11 is 5.84. The summed E-state index contributed by atoms with van der Waals surface area (Å²) < 4.78 is 0. The summed E-state index contributed by atoms with van der Waals surface area (Å²) in [6.45, 7) is 3.71. The van der Waals surface area contributed by atoms with Gasteiger partial charge in [-0.1, -0.05) is 29.8 Å². The maximum absolute atomic E-state index is 12.0. The summed E-state index contributed by atoms with van der Waals surface area (Å²) in [5, 5.41) is 17.1. The maximum Gasteiger partial charge on any atom is 0.262 e. The van der Waals surface area contributed by atoms with Crippen molar-refractivity contribution < 1.29 is 9.90 Å². The number of aromatic hydroxyl groups is 1. The van der Waals surface area contributed by atoms with Gasteiger partial charge in [-0.05, 0) is 43.7 Å². The molecule has 0 aromatic heterocycles. The standard InChI is InChI=1S/C17H18ClN3O2/c1-11-5-3-4-6-15(11)20-12(2)17(23)21-19-10-13-9-14(18)7-8-16(13)22/h3-10,12,20,22H,1-2H3,(H,21,23)/b19-10+. The Hall–Kier alpha value is -2.53. The van der Waals surface area contributed by atoms with Crippen molar-refractivity contribution in [2.45, 2.75) is 19.9 Å². The molecule has 1 amide bonds. The Labute approximate surface area is 140 Å². The van der Waals surface area contributed by atoms with Gasteiger partial charge in [0.25, 0.3) is 5.91 Å². The highest BCUT2D eigenvalue weighted by molar-refractivity contribution is 6.30. The van der Waals surface area contributed by atoms with Gasteiger partial charge in [0.2, 0.25) is 0 Å². The predicted molar refractivity (Wildman–Crippen MR) is 93.1 cm³/mol. The number of benzene rings is 2. The Morgan fingerprint density at radius 1 is 1.30 bits per heavy atom. The van der Waals surface area contributed by atoms with Crippen LogP contribution in [-0.4, -0.2) is 23.3 Å². The van der Waals surface area contributed by atoms with Crippen LogP contribution in [-0.2, 0) is 4.79 Å². The van der Waals surface area contributed by atoms with E-state index in [0.717, 1.165) is 11.3 Å². The number of halogens is 1. The molecule has 1 unspecified atom stereocenters. The van der Waals surface area contributed by atoms with Crippen molar-refractivity contribution in [3.63, 3.8) is 0 Å². The molecule has 23 heavy (non-hydrogen) atoms. The molecule has 0 bridgehead atoms. The monoisotopic (exact) mass is 331 g/mol. The Kier molecular flexibility index (Phi) is 5.60. The molecule has 0 fully saturated rings. The van der Waals surface area contributed by atoms with Crippen molar-refractivity contribution in [3.05, 3.63) is 58.6 Å². The van der Waals surface area contributed by atoms with Gasteiger partial charge in [0, 0.05) is 16.3 Å². The molecule has 3 N–H and O–H groups in total. The minimum absolute atomic E-state index is 0.0403. The van der Waals surface area contributed by atoms with Crippen LogP contribution < -0.4 is 10.7 Å². The van der Waals surface area contributed by atoms with Gasteiger partial charge >= 0.3 is 0 Å². The molecule has 120 valence electrons. The Morgan fingerprint density at radius 2 is 2.04 bits per heavy atom. The molecule has 0 aliphatic heterocycles. The number of anilines is 1. The number of nitrogens with zero attached hydrogens (tertiary/aromatic N) is 1. The van der Waals surface area contributed by atoms with Crippen LogP contribution in [0.3, 0.4) is 0 Å². The largest absolute Gasteiger partial charge is 0.507 e. The topological polar surface area (TPSA) is 73.7 Å². The molecule has 0 radical (unpaired) electrons. The smallest absolute Gasteiger partial charge is 0.262 e. The molecule has 1 atom stereocenters. The number of carbonyl (C=O) groups excluding carboxylic acids is 1. The highest BCUT2D eigenvalue weighted by Gasteiger charge is 2.12. The van der Waals surface area contributed by atoms with E-state index in [0.29, 0.717) is 10.6 Å². The average Bonchev–Trinajstić information content (AvgIpc) is 2.52. The normalized spacial score (nSPS) is 12.1. The first-order valence-electron chi connectivity index (χ1n) is 7.11. The molecule has 0 heterocycles. The third-order valence-corrected chi connectivity index (χ3v) is 3.51. The number of rotatable bonds is 5. The maximum atomic E-state index is 12.0. The van der Waals surface area contributed by atoms with Gasteiger partial charge in [0.05, 0.1) is 6.21 Å². The predicted octanol–water partition coefficient (Wildman–Crippen LogP) is 3.30. The van der Waals surface area contributed by atoms with Crippen LogP contribution in [0.5, 0.6) is 5.75 Å². The summed E-state index contributed by atoms with van der Waals surface area (Å²) in [6.07, 6.45) is 1.35. The zero-order valence-corrected chi connectivity index (χ0v) is 13.6. The van der Waals surface area contributed by atoms with Gasteiger partial charge < -0.3 is 10.4 Å². The second-order valence-electron chi connectivity index (χ2n) is 5.12. The minimum atomic E-state index is -0.457. The highest BCUT2D eigenvalue weighted by atomic mass is 35.5. The number of hydrogen-bond acceptors (Lipinski definition) is 4. The van der Waals surface area contributed by atoms with Crippen LogP contribution in [0, 0.1) is 6.92 Å². The fraction of sp³-hybridized carbons (Fsp3) is 0.176. The van der Waals surface area contributed by atoms with Crippen molar-refractivity contribution >= 4 is 29.4 Å². The Morgan fingerprint density at radius 3 is 2.78 bits per heavy atom. The van der Waals surface area contributed by atoms with Crippen LogP contribution in [0.4, 0.5) is 5.69 Å². The summed E-state index contributed by atoms with van der Waals surface area (Å²) in [4.78, 5) is 12.0. The third kappa shape index (κ3) is 4.72. The van der Waals surface area contributed by atoms with Crippen molar-refractivity contribution in [1.82, 2.24) is 5.43 Å². The van der Waals surface area contributed by atoms with Gasteiger partial charge in [-0.3, -0.25) is 4.79 Å². The fourth-order valence-corrected chi connectivity index (χ4v) is 2.11. The quantitative estimate of drug-likeness (QED) is 0.581. The van der Waals surface area contributed by atoms with Gasteiger partial charge in [-0.25, -0.2) is 5.43 Å². The van der Waals surface area contributed by atoms with Gasteiger partial charge in [0.15, 0.2) is 0 Å². The molecule has 6 heteroatoms. The number of phenolic OH excluding ortho intramolecular Hbond substituents is 1. The number of carbonyl (C=O) groups is 1. The lowest BCUT2D eigenvalue weighted by Gasteiger charge is -2.15. The van der Waals surface area contributed by atoms with E-state index in [-0.39, 0.29) is 11.7 Å². The summed E-state index contributed by atoms with van der Waals surface area (Å²) in [6, 6.07) is 11.9. The van der Waals surface area contributed by atoms with E-state index in [1.54, 1.807) is 19.1 Å². The van der Waals surface area contributed by atoms with E-state index in [2.05, 4.69) is 15.8 Å². The molecule has 0 spiro atoms. The highest BCUT2D eigenvalue weighted by Crippen LogP contribution is 2.19. The number of aryl methyl sites for hydroxylation is 1. The number of para-hydroxylation sites is 1. The first-order valence-corrected chi connectivity index (χ1v) is 7.49. The minimum Gasteiger partial charge on any atom is -0.507 e. The first kappa shape index (κ1) is 16.8. The second kappa shape index (κ2) is 7.65. The molecular weight excluding hydrogens is 314 g/mol. The summed E-state index contributed by atoms with van der Waals surface area (Å²) in [5.41, 5.74) is 4.81. The molecule has 0 aliphatic rings.